The van der Waals surface area contributed by atoms with Crippen molar-refractivity contribution in [2.75, 3.05) is 11.9 Å². The summed E-state index contributed by atoms with van der Waals surface area (Å²) in [4.78, 5) is 29.2. The van der Waals surface area contributed by atoms with Crippen LogP contribution in [0.25, 0.3) is 11.1 Å². The molecule has 0 unspecified atom stereocenters. The number of nitrogens with zero attached hydrogens (tertiary/aromatic N) is 1. The van der Waals surface area contributed by atoms with E-state index in [1.54, 1.807) is 6.20 Å². The molecular formula is C27H27IN2O4. The van der Waals surface area contributed by atoms with E-state index >= 15 is 0 Å². The molecule has 0 fully saturated rings. The van der Waals surface area contributed by atoms with Gasteiger partial charge in [-0.15, -0.1) is 0 Å². The summed E-state index contributed by atoms with van der Waals surface area (Å²) in [6, 6.07) is 18.3. The lowest BCUT2D eigenvalue weighted by molar-refractivity contribution is -0.154. The summed E-state index contributed by atoms with van der Waals surface area (Å²) in [5.41, 5.74) is 4.88. The lowest BCUT2D eigenvalue weighted by Crippen LogP contribution is -2.24. The Morgan fingerprint density at radius 2 is 1.65 bits per heavy atom. The number of nitrogens with one attached hydrogen (secondary N) is 1. The smallest absolute Gasteiger partial charge is 0.412 e. The molecule has 0 atom stereocenters. The molecule has 1 amide bonds. The standard InChI is InChI=1S/C27H27IN2O4/c1-27(2,3)34-24(31)13-12-17-14-18(28)15-29-25(17)30-26(32)33-16-23-21-10-6-4-8-19(21)20-9-5-7-11-22(20)23/h4-11,14-15,23H,12-13,16H2,1-3H3,(H,29,30,32). The van der Waals surface area contributed by atoms with E-state index in [0.29, 0.717) is 12.2 Å². The van der Waals surface area contributed by atoms with Crippen molar-refractivity contribution in [3.8, 4) is 11.1 Å². The third-order valence-electron chi connectivity index (χ3n) is 5.52. The minimum absolute atomic E-state index is 0.0190. The van der Waals surface area contributed by atoms with Crippen LogP contribution in [-0.4, -0.2) is 29.3 Å². The van der Waals surface area contributed by atoms with E-state index in [0.717, 1.165) is 20.3 Å². The number of hydrogen-bond donors (Lipinski definition) is 1. The van der Waals surface area contributed by atoms with Crippen LogP contribution in [0.15, 0.2) is 60.8 Å². The number of carbonyl (C=O) groups excluding carboxylic acids is 2. The molecule has 0 spiro atoms. The van der Waals surface area contributed by atoms with E-state index in [9.17, 15) is 9.59 Å². The summed E-state index contributed by atoms with van der Waals surface area (Å²) < 4.78 is 11.9. The van der Waals surface area contributed by atoms with E-state index in [4.69, 9.17) is 9.47 Å². The van der Waals surface area contributed by atoms with Crippen LogP contribution in [0.1, 0.15) is 49.8 Å². The molecule has 1 aromatic heterocycles. The Labute approximate surface area is 213 Å². The molecule has 1 N–H and O–H groups in total. The van der Waals surface area contributed by atoms with Crippen molar-refractivity contribution in [2.24, 2.45) is 0 Å². The predicted octanol–water partition coefficient (Wildman–Crippen LogP) is 6.32. The second-order valence-electron chi connectivity index (χ2n) is 9.20. The van der Waals surface area contributed by atoms with Crippen LogP contribution in [0.2, 0.25) is 0 Å². The number of pyridine rings is 1. The number of aromatic nitrogens is 1. The molecule has 7 heteroatoms. The van der Waals surface area contributed by atoms with E-state index in [1.807, 2.05) is 51.1 Å². The summed E-state index contributed by atoms with van der Waals surface area (Å²) >= 11 is 2.16. The van der Waals surface area contributed by atoms with Crippen LogP contribution in [0, 0.1) is 3.57 Å². The number of anilines is 1. The van der Waals surface area contributed by atoms with Gasteiger partial charge in [0, 0.05) is 22.1 Å². The fourth-order valence-electron chi connectivity index (χ4n) is 4.14. The van der Waals surface area contributed by atoms with Crippen LogP contribution < -0.4 is 5.32 Å². The number of ether oxygens (including phenoxy) is 2. The third-order valence-corrected chi connectivity index (χ3v) is 6.11. The van der Waals surface area contributed by atoms with Gasteiger partial charge in [0.1, 0.15) is 18.0 Å². The van der Waals surface area contributed by atoms with Gasteiger partial charge >= 0.3 is 12.1 Å². The fourth-order valence-corrected chi connectivity index (χ4v) is 4.66. The number of esters is 1. The Hall–Kier alpha value is -2.94. The van der Waals surface area contributed by atoms with E-state index < -0.39 is 11.7 Å². The first-order chi connectivity index (χ1) is 16.2. The lowest BCUT2D eigenvalue weighted by Gasteiger charge is -2.19. The van der Waals surface area contributed by atoms with Crippen molar-refractivity contribution in [2.45, 2.75) is 45.1 Å². The molecule has 176 valence electrons. The molecule has 34 heavy (non-hydrogen) atoms. The average molecular weight is 570 g/mol. The maximum atomic E-state index is 12.7. The summed E-state index contributed by atoms with van der Waals surface area (Å²) in [7, 11) is 0. The molecule has 0 bridgehead atoms. The fraction of sp³-hybridized carbons (Fsp3) is 0.296. The van der Waals surface area contributed by atoms with E-state index in [-0.39, 0.29) is 24.9 Å². The number of hydrogen-bond acceptors (Lipinski definition) is 5. The van der Waals surface area contributed by atoms with Gasteiger partial charge in [0.2, 0.25) is 0 Å². The highest BCUT2D eigenvalue weighted by Crippen LogP contribution is 2.44. The van der Waals surface area contributed by atoms with Crippen LogP contribution in [-0.2, 0) is 20.7 Å². The third kappa shape index (κ3) is 5.75. The monoisotopic (exact) mass is 570 g/mol. The van der Waals surface area contributed by atoms with Gasteiger partial charge in [0.05, 0.1) is 0 Å². The normalized spacial score (nSPS) is 12.6. The number of halogens is 1. The summed E-state index contributed by atoms with van der Waals surface area (Å²) in [5, 5.41) is 2.75. The molecule has 0 saturated heterocycles. The van der Waals surface area contributed by atoms with Gasteiger partial charge in [0.25, 0.3) is 0 Å². The zero-order valence-corrected chi connectivity index (χ0v) is 21.6. The van der Waals surface area contributed by atoms with Crippen LogP contribution in [0.5, 0.6) is 0 Å². The molecule has 0 radical (unpaired) electrons. The maximum absolute atomic E-state index is 12.7. The second-order valence-corrected chi connectivity index (χ2v) is 10.4. The minimum atomic E-state index is -0.575. The van der Waals surface area contributed by atoms with Gasteiger partial charge < -0.3 is 9.47 Å². The number of carbonyl (C=O) groups is 2. The van der Waals surface area contributed by atoms with Gasteiger partial charge in [-0.05, 0) is 83.7 Å². The van der Waals surface area contributed by atoms with E-state index in [2.05, 4.69) is 57.2 Å². The van der Waals surface area contributed by atoms with Crippen molar-refractivity contribution < 1.29 is 19.1 Å². The largest absolute Gasteiger partial charge is 0.460 e. The maximum Gasteiger partial charge on any atom is 0.412 e. The van der Waals surface area contributed by atoms with Crippen molar-refractivity contribution >= 4 is 40.5 Å². The van der Waals surface area contributed by atoms with Crippen LogP contribution in [0.4, 0.5) is 10.6 Å². The Balaban J connectivity index is 1.42. The number of rotatable bonds is 6. The Kier molecular flexibility index (Phi) is 7.21. The van der Waals surface area contributed by atoms with E-state index in [1.165, 1.54) is 11.1 Å². The molecule has 6 nitrogen and oxygen atoms in total. The number of fused-ring (bicyclic) bond motifs is 3. The van der Waals surface area contributed by atoms with Crippen molar-refractivity contribution in [1.82, 2.24) is 4.98 Å². The average Bonchev–Trinajstić information content (AvgIpc) is 3.10. The summed E-state index contributed by atoms with van der Waals surface area (Å²) in [6.07, 6.45) is 1.68. The number of aryl methyl sites for hydroxylation is 1. The van der Waals surface area contributed by atoms with Gasteiger partial charge in [-0.2, -0.15) is 0 Å². The zero-order chi connectivity index (χ0) is 24.3. The highest BCUT2D eigenvalue weighted by Gasteiger charge is 2.29. The molecule has 4 rings (SSSR count). The van der Waals surface area contributed by atoms with Crippen LogP contribution >= 0.6 is 22.6 Å². The molecule has 0 aliphatic heterocycles. The van der Waals surface area contributed by atoms with Gasteiger partial charge in [-0.3, -0.25) is 10.1 Å². The van der Waals surface area contributed by atoms with Crippen molar-refractivity contribution in [1.29, 1.82) is 0 Å². The van der Waals surface area contributed by atoms with Crippen molar-refractivity contribution in [3.05, 3.63) is 81.1 Å². The van der Waals surface area contributed by atoms with Gasteiger partial charge in [-0.1, -0.05) is 48.5 Å². The molecule has 1 aliphatic rings. The molecule has 3 aromatic rings. The van der Waals surface area contributed by atoms with Gasteiger partial charge in [0.15, 0.2) is 0 Å². The first-order valence-electron chi connectivity index (χ1n) is 11.2. The molecule has 1 aliphatic carbocycles. The Morgan fingerprint density at radius 3 is 2.26 bits per heavy atom. The first-order valence-corrected chi connectivity index (χ1v) is 12.3. The lowest BCUT2D eigenvalue weighted by atomic mass is 9.98. The quantitative estimate of drug-likeness (QED) is 0.277. The molecule has 0 saturated carbocycles. The topological polar surface area (TPSA) is 77.5 Å². The highest BCUT2D eigenvalue weighted by molar-refractivity contribution is 14.1. The zero-order valence-electron chi connectivity index (χ0n) is 19.4. The summed E-state index contributed by atoms with van der Waals surface area (Å²) in [5.74, 6) is 0.0779. The first kappa shape index (κ1) is 24.2. The van der Waals surface area contributed by atoms with Crippen LogP contribution in [0.3, 0.4) is 0 Å². The Bertz CT molecular complexity index is 1170. The predicted molar refractivity (Wildman–Crippen MR) is 140 cm³/mol. The molecule has 2 aromatic carbocycles. The summed E-state index contributed by atoms with van der Waals surface area (Å²) in [6.45, 7) is 5.73. The highest BCUT2D eigenvalue weighted by atomic mass is 127. The molecular weight excluding hydrogens is 543 g/mol. The molecule has 1 heterocycles. The van der Waals surface area contributed by atoms with Crippen molar-refractivity contribution in [3.63, 3.8) is 0 Å². The number of amides is 1. The number of benzene rings is 2. The second kappa shape index (κ2) is 10.1. The minimum Gasteiger partial charge on any atom is -0.460 e. The SMILES string of the molecule is CC(C)(C)OC(=O)CCc1cc(I)cnc1NC(=O)OCC1c2ccccc2-c2ccccc21. The Morgan fingerprint density at radius 1 is 1.03 bits per heavy atom. The van der Waals surface area contributed by atoms with Gasteiger partial charge in [-0.25, -0.2) is 9.78 Å².